The summed E-state index contributed by atoms with van der Waals surface area (Å²) < 4.78 is 26.6. The summed E-state index contributed by atoms with van der Waals surface area (Å²) in [7, 11) is 0. The van der Waals surface area contributed by atoms with Crippen LogP contribution in [0.15, 0.2) is 42.5 Å². The van der Waals surface area contributed by atoms with Crippen LogP contribution < -0.4 is 0 Å². The average Bonchev–Trinajstić information content (AvgIpc) is 2.69. The number of piperidine rings is 1. The number of carbonyl (C=O) groups excluding carboxylic acids is 1. The molecule has 1 aliphatic heterocycles. The highest BCUT2D eigenvalue weighted by atomic mass is 19.2. The Balaban J connectivity index is 1.59. The van der Waals surface area contributed by atoms with Crippen LogP contribution in [0.2, 0.25) is 0 Å². The number of likely N-dealkylation sites (tertiary alicyclic amines) is 1. The Kier molecular flexibility index (Phi) is 6.48. The van der Waals surface area contributed by atoms with E-state index in [2.05, 4.69) is 38.1 Å². The highest BCUT2D eigenvalue weighted by Crippen LogP contribution is 2.30. The molecule has 1 aliphatic rings. The molecule has 1 fully saturated rings. The van der Waals surface area contributed by atoms with Gasteiger partial charge in [-0.1, -0.05) is 44.2 Å². The second kappa shape index (κ2) is 8.85. The minimum atomic E-state index is -0.815. The maximum atomic E-state index is 13.5. The molecule has 4 heteroatoms. The summed E-state index contributed by atoms with van der Waals surface area (Å²) in [6.45, 7) is 7.66. The molecule has 1 atom stereocenters. The van der Waals surface area contributed by atoms with Gasteiger partial charge in [-0.2, -0.15) is 0 Å². The first kappa shape index (κ1) is 20.5. The fraction of sp³-hybridized carbons (Fsp3) is 0.458. The van der Waals surface area contributed by atoms with Gasteiger partial charge in [-0.25, -0.2) is 8.78 Å². The van der Waals surface area contributed by atoms with Crippen molar-refractivity contribution >= 4 is 5.91 Å². The molecule has 2 nitrogen and oxygen atoms in total. The van der Waals surface area contributed by atoms with Crippen LogP contribution in [0, 0.1) is 17.6 Å². The Bertz CT molecular complexity index is 808. The van der Waals surface area contributed by atoms with Crippen molar-refractivity contribution in [1.29, 1.82) is 0 Å². The van der Waals surface area contributed by atoms with E-state index >= 15 is 0 Å². The van der Waals surface area contributed by atoms with Gasteiger partial charge in [0.25, 0.3) is 0 Å². The minimum absolute atomic E-state index is 0.139. The third kappa shape index (κ3) is 4.78. The Morgan fingerprint density at radius 3 is 2.21 bits per heavy atom. The van der Waals surface area contributed by atoms with Gasteiger partial charge in [-0.3, -0.25) is 4.79 Å². The fourth-order valence-corrected chi connectivity index (χ4v) is 4.03. The smallest absolute Gasteiger partial charge is 0.229 e. The summed E-state index contributed by atoms with van der Waals surface area (Å²) >= 11 is 0. The number of rotatable bonds is 5. The average molecular weight is 385 g/mol. The predicted molar refractivity (Wildman–Crippen MR) is 108 cm³/mol. The highest BCUT2D eigenvalue weighted by molar-refractivity contribution is 5.83. The number of amides is 1. The van der Waals surface area contributed by atoms with E-state index in [0.717, 1.165) is 30.4 Å². The van der Waals surface area contributed by atoms with Crippen molar-refractivity contribution in [3.63, 3.8) is 0 Å². The number of carbonyl (C=O) groups is 1. The summed E-state index contributed by atoms with van der Waals surface area (Å²) in [6, 6.07) is 12.5. The summed E-state index contributed by atoms with van der Waals surface area (Å²) in [5.74, 6) is -0.867. The molecule has 1 heterocycles. The van der Waals surface area contributed by atoms with Crippen molar-refractivity contribution in [2.45, 2.75) is 51.9 Å². The van der Waals surface area contributed by atoms with Crippen molar-refractivity contribution in [1.82, 2.24) is 4.90 Å². The summed E-state index contributed by atoms with van der Waals surface area (Å²) in [4.78, 5) is 14.8. The van der Waals surface area contributed by atoms with Gasteiger partial charge in [-0.05, 0) is 66.8 Å². The lowest BCUT2D eigenvalue weighted by molar-refractivity contribution is -0.133. The molecule has 0 radical (unpaired) electrons. The Labute approximate surface area is 166 Å². The third-order valence-corrected chi connectivity index (χ3v) is 5.72. The van der Waals surface area contributed by atoms with Crippen LogP contribution in [0.25, 0.3) is 0 Å². The molecule has 2 aromatic rings. The predicted octanol–water partition coefficient (Wildman–Crippen LogP) is 5.67. The van der Waals surface area contributed by atoms with Crippen molar-refractivity contribution < 1.29 is 13.6 Å². The van der Waals surface area contributed by atoms with E-state index in [-0.39, 0.29) is 17.7 Å². The zero-order chi connectivity index (χ0) is 20.3. The maximum absolute atomic E-state index is 13.5. The number of nitrogens with zero attached hydrogens (tertiary/aromatic N) is 1. The molecule has 28 heavy (non-hydrogen) atoms. The van der Waals surface area contributed by atoms with Gasteiger partial charge >= 0.3 is 0 Å². The van der Waals surface area contributed by atoms with Crippen molar-refractivity contribution in [3.8, 4) is 0 Å². The number of halogens is 2. The lowest BCUT2D eigenvalue weighted by atomic mass is 9.88. The van der Waals surface area contributed by atoms with Crippen LogP contribution in [-0.2, 0) is 11.2 Å². The zero-order valence-corrected chi connectivity index (χ0v) is 16.9. The van der Waals surface area contributed by atoms with Crippen molar-refractivity contribution in [2.75, 3.05) is 13.1 Å². The molecule has 0 unspecified atom stereocenters. The van der Waals surface area contributed by atoms with Gasteiger partial charge in [0.2, 0.25) is 5.91 Å². The fourth-order valence-electron chi connectivity index (χ4n) is 4.03. The first-order valence-electron chi connectivity index (χ1n) is 10.2. The molecule has 1 amide bonds. The van der Waals surface area contributed by atoms with Gasteiger partial charge in [0.05, 0.1) is 5.92 Å². The van der Waals surface area contributed by atoms with E-state index in [9.17, 15) is 13.6 Å². The SMILES string of the molecule is CC(C)Cc1ccc([C@H](C)C(=O)N2CCC(c3ccc(F)c(F)c3)CC2)cc1. The van der Waals surface area contributed by atoms with Crippen LogP contribution in [0.5, 0.6) is 0 Å². The Morgan fingerprint density at radius 1 is 1.00 bits per heavy atom. The van der Waals surface area contributed by atoms with Crippen LogP contribution in [0.3, 0.4) is 0 Å². The molecule has 150 valence electrons. The minimum Gasteiger partial charge on any atom is -0.342 e. The second-order valence-electron chi connectivity index (χ2n) is 8.33. The molecule has 0 N–H and O–H groups in total. The van der Waals surface area contributed by atoms with Gasteiger partial charge in [0, 0.05) is 13.1 Å². The van der Waals surface area contributed by atoms with Gasteiger partial charge in [0.1, 0.15) is 0 Å². The molecule has 0 aliphatic carbocycles. The third-order valence-electron chi connectivity index (χ3n) is 5.72. The summed E-state index contributed by atoms with van der Waals surface area (Å²) in [5, 5.41) is 0. The normalized spacial score (nSPS) is 16.4. The molecule has 0 spiro atoms. The van der Waals surface area contributed by atoms with Crippen LogP contribution >= 0.6 is 0 Å². The quantitative estimate of drug-likeness (QED) is 0.649. The molecule has 0 bridgehead atoms. The Hall–Kier alpha value is -2.23. The topological polar surface area (TPSA) is 20.3 Å². The number of hydrogen-bond acceptors (Lipinski definition) is 1. The molecular weight excluding hydrogens is 356 g/mol. The van der Waals surface area contributed by atoms with Crippen molar-refractivity contribution in [2.24, 2.45) is 5.92 Å². The van der Waals surface area contributed by atoms with E-state index in [1.54, 1.807) is 6.07 Å². The van der Waals surface area contributed by atoms with Crippen LogP contribution in [0.1, 0.15) is 62.1 Å². The van der Waals surface area contributed by atoms with E-state index in [0.29, 0.717) is 19.0 Å². The first-order valence-corrected chi connectivity index (χ1v) is 10.2. The van der Waals surface area contributed by atoms with E-state index in [1.165, 1.54) is 17.7 Å². The second-order valence-corrected chi connectivity index (χ2v) is 8.33. The van der Waals surface area contributed by atoms with Crippen LogP contribution in [-0.4, -0.2) is 23.9 Å². The molecule has 3 rings (SSSR count). The van der Waals surface area contributed by atoms with Gasteiger partial charge in [-0.15, -0.1) is 0 Å². The van der Waals surface area contributed by atoms with Gasteiger partial charge in [0.15, 0.2) is 11.6 Å². The van der Waals surface area contributed by atoms with E-state index in [4.69, 9.17) is 0 Å². The molecular formula is C24H29F2NO. The van der Waals surface area contributed by atoms with E-state index in [1.807, 2.05) is 11.8 Å². The largest absolute Gasteiger partial charge is 0.342 e. The number of hydrogen-bond donors (Lipinski definition) is 0. The lowest BCUT2D eigenvalue weighted by Gasteiger charge is -2.34. The highest BCUT2D eigenvalue weighted by Gasteiger charge is 2.27. The molecule has 0 saturated carbocycles. The Morgan fingerprint density at radius 2 is 1.64 bits per heavy atom. The van der Waals surface area contributed by atoms with E-state index < -0.39 is 11.6 Å². The first-order chi connectivity index (χ1) is 13.3. The van der Waals surface area contributed by atoms with Crippen LogP contribution in [0.4, 0.5) is 8.78 Å². The maximum Gasteiger partial charge on any atom is 0.229 e. The molecule has 0 aromatic heterocycles. The summed E-state index contributed by atoms with van der Waals surface area (Å²) in [6.07, 6.45) is 2.59. The molecule has 1 saturated heterocycles. The zero-order valence-electron chi connectivity index (χ0n) is 16.9. The lowest BCUT2D eigenvalue weighted by Crippen LogP contribution is -2.40. The van der Waals surface area contributed by atoms with Gasteiger partial charge < -0.3 is 4.90 Å². The number of benzene rings is 2. The van der Waals surface area contributed by atoms with Crippen molar-refractivity contribution in [3.05, 3.63) is 70.8 Å². The standard InChI is InChI=1S/C24H29F2NO/c1-16(2)14-18-4-6-19(7-5-18)17(3)24(28)27-12-10-20(11-13-27)21-8-9-22(25)23(26)15-21/h4-9,15-17,20H,10-14H2,1-3H3/t17-/m0/s1. The summed E-state index contributed by atoms with van der Waals surface area (Å²) in [5.41, 5.74) is 3.16. The monoisotopic (exact) mass is 385 g/mol. The molecule has 2 aromatic carbocycles.